The molecular weight excluding hydrogens is 573 g/mol. The summed E-state index contributed by atoms with van der Waals surface area (Å²) in [7, 11) is 2.64. The van der Waals surface area contributed by atoms with Gasteiger partial charge in [0.05, 0.1) is 20.8 Å². The number of aromatic amines is 1. The summed E-state index contributed by atoms with van der Waals surface area (Å²) < 4.78 is 36.7. The van der Waals surface area contributed by atoms with E-state index in [9.17, 15) is 19.3 Å². The Kier molecular flexibility index (Phi) is 8.91. The first kappa shape index (κ1) is 30.3. The number of methoxy groups -OCH3 is 2. The molecule has 0 aliphatic carbocycles. The molecular formula is C31H32N3O8P. The molecule has 3 N–H and O–H groups in total. The highest BCUT2D eigenvalue weighted by molar-refractivity contribution is 7.21. The molecule has 11 nitrogen and oxygen atoms in total. The number of aromatic nitrogens is 2. The van der Waals surface area contributed by atoms with E-state index in [1.54, 1.807) is 21.1 Å². The molecule has 0 bridgehead atoms. The van der Waals surface area contributed by atoms with Crippen molar-refractivity contribution in [2.75, 3.05) is 20.8 Å². The van der Waals surface area contributed by atoms with Crippen molar-refractivity contribution < 1.29 is 28.6 Å². The molecule has 2 heterocycles. The summed E-state index contributed by atoms with van der Waals surface area (Å²) in [5.41, 5.74) is -1.64. The largest absolute Gasteiger partial charge is 0.497 e. The number of benzene rings is 3. The predicted molar refractivity (Wildman–Crippen MR) is 159 cm³/mol. The van der Waals surface area contributed by atoms with Gasteiger partial charge in [-0.15, -0.1) is 0 Å². The fourth-order valence-corrected chi connectivity index (χ4v) is 5.75. The zero-order chi connectivity index (χ0) is 30.6. The number of nitrogens with one attached hydrogen (secondary N) is 2. The molecule has 5 rings (SSSR count). The van der Waals surface area contributed by atoms with Crippen LogP contribution in [0.15, 0.2) is 94.6 Å². The van der Waals surface area contributed by atoms with Gasteiger partial charge in [-0.2, -0.15) is 0 Å². The lowest BCUT2D eigenvalue weighted by atomic mass is 9.80. The van der Waals surface area contributed by atoms with Crippen molar-refractivity contribution in [2.24, 2.45) is 0 Å². The molecule has 3 atom stereocenters. The lowest BCUT2D eigenvalue weighted by molar-refractivity contribution is -0.123. The Hall–Kier alpha value is -4.12. The summed E-state index contributed by atoms with van der Waals surface area (Å²) in [5.74, 6) is 1.33. The average molecular weight is 606 g/mol. The van der Waals surface area contributed by atoms with Crippen LogP contribution >= 0.6 is 8.61 Å². The topological polar surface area (TPSA) is 141 Å². The van der Waals surface area contributed by atoms with Crippen LogP contribution in [0.5, 0.6) is 11.5 Å². The molecule has 0 unspecified atom stereocenters. The van der Waals surface area contributed by atoms with E-state index in [1.807, 2.05) is 78.9 Å². The van der Waals surface area contributed by atoms with Crippen molar-refractivity contribution in [1.29, 1.82) is 0 Å². The SMILES string of the molecule is COc1ccc(C(OC[C@H]2O[C@@H](n3cc(C)c(=O)[nH]c3=O)C[C@@]2(O)NP=O)(c2ccccc2)c2ccc(OC)cc2)cc1. The highest BCUT2D eigenvalue weighted by Crippen LogP contribution is 2.44. The molecule has 0 saturated carbocycles. The van der Waals surface area contributed by atoms with Crippen molar-refractivity contribution in [2.45, 2.75) is 37.0 Å². The number of aliphatic hydroxyl groups is 1. The molecule has 3 aromatic carbocycles. The minimum absolute atomic E-state index is 0.148. The molecule has 1 fully saturated rings. The number of nitrogens with zero attached hydrogens (tertiary/aromatic N) is 1. The first-order chi connectivity index (χ1) is 20.7. The predicted octanol–water partition coefficient (Wildman–Crippen LogP) is 3.64. The van der Waals surface area contributed by atoms with Crippen LogP contribution in [0.2, 0.25) is 0 Å². The number of hydrogen-bond acceptors (Lipinski definition) is 8. The second-order valence-corrected chi connectivity index (χ2v) is 10.6. The van der Waals surface area contributed by atoms with E-state index in [0.29, 0.717) is 17.1 Å². The Bertz CT molecular complexity index is 1630. The second-order valence-electron chi connectivity index (χ2n) is 10.2. The fraction of sp³-hybridized carbons (Fsp3) is 0.290. The summed E-state index contributed by atoms with van der Waals surface area (Å²) in [6.45, 7) is 1.36. The highest BCUT2D eigenvalue weighted by Gasteiger charge is 2.50. The van der Waals surface area contributed by atoms with Crippen molar-refractivity contribution in [3.8, 4) is 11.5 Å². The zero-order valence-electron chi connectivity index (χ0n) is 23.9. The number of hydrogen-bond donors (Lipinski definition) is 3. The van der Waals surface area contributed by atoms with Crippen LogP contribution in [-0.2, 0) is 19.6 Å². The summed E-state index contributed by atoms with van der Waals surface area (Å²) >= 11 is 0. The average Bonchev–Trinajstić information content (AvgIpc) is 3.35. The van der Waals surface area contributed by atoms with Gasteiger partial charge < -0.3 is 24.1 Å². The Morgan fingerprint density at radius 3 is 2.07 bits per heavy atom. The van der Waals surface area contributed by atoms with Crippen LogP contribution < -0.4 is 25.8 Å². The Balaban J connectivity index is 1.60. The first-order valence-electron chi connectivity index (χ1n) is 13.5. The molecule has 0 radical (unpaired) electrons. The van der Waals surface area contributed by atoms with Crippen molar-refractivity contribution >= 4 is 8.61 Å². The molecule has 4 aromatic rings. The van der Waals surface area contributed by atoms with Crippen LogP contribution in [0.1, 0.15) is 34.9 Å². The molecule has 1 aliphatic rings. The van der Waals surface area contributed by atoms with Gasteiger partial charge in [0.1, 0.15) is 29.4 Å². The van der Waals surface area contributed by atoms with E-state index < -0.39 is 43.5 Å². The number of rotatable bonds is 11. The third-order valence-electron chi connectivity index (χ3n) is 7.66. The highest BCUT2D eigenvalue weighted by atomic mass is 31.1. The third kappa shape index (κ3) is 5.90. The van der Waals surface area contributed by atoms with E-state index >= 15 is 0 Å². The fourth-order valence-electron chi connectivity index (χ4n) is 5.36. The summed E-state index contributed by atoms with van der Waals surface area (Å²) in [4.78, 5) is 26.8. The van der Waals surface area contributed by atoms with E-state index in [1.165, 1.54) is 10.8 Å². The summed E-state index contributed by atoms with van der Waals surface area (Å²) in [6, 6.07) is 24.5. The maximum atomic E-state index is 12.6. The third-order valence-corrected chi connectivity index (χ3v) is 8.14. The van der Waals surface area contributed by atoms with E-state index in [2.05, 4.69) is 10.1 Å². The maximum absolute atomic E-state index is 12.6. The lowest BCUT2D eigenvalue weighted by Crippen LogP contribution is -2.50. The molecule has 224 valence electrons. The number of H-pyrrole nitrogens is 1. The van der Waals surface area contributed by atoms with Gasteiger partial charge >= 0.3 is 5.69 Å². The van der Waals surface area contributed by atoms with Gasteiger partial charge in [-0.05, 0) is 47.9 Å². The minimum atomic E-state index is -1.85. The second kappa shape index (κ2) is 12.6. The van der Waals surface area contributed by atoms with Gasteiger partial charge in [0, 0.05) is 18.2 Å². The van der Waals surface area contributed by atoms with E-state index in [4.69, 9.17) is 18.9 Å². The lowest BCUT2D eigenvalue weighted by Gasteiger charge is -2.38. The standard InChI is InChI=1S/C31H32N3O8P/c1-20-18-34(29(36)32-28(20)35)27-17-30(37,33-43-38)26(42-27)19-41-31(21-7-5-4-6-8-21,22-9-13-24(39-2)14-10-22)23-11-15-25(40-3)16-12-23/h4-16,18,26-27,37H,17,19H2,1-3H3,(H,33,38)(H,32,35,36)/t26-,27-,30+/m1/s1. The van der Waals surface area contributed by atoms with Crippen molar-refractivity contribution in [1.82, 2.24) is 14.6 Å². The molecule has 43 heavy (non-hydrogen) atoms. The van der Waals surface area contributed by atoms with Gasteiger partial charge in [0.25, 0.3) is 5.56 Å². The van der Waals surface area contributed by atoms with Crippen molar-refractivity contribution in [3.63, 3.8) is 0 Å². The minimum Gasteiger partial charge on any atom is -0.497 e. The van der Waals surface area contributed by atoms with Crippen LogP contribution in [0.3, 0.4) is 0 Å². The first-order valence-corrected chi connectivity index (χ1v) is 14.3. The monoisotopic (exact) mass is 605 g/mol. The quantitative estimate of drug-likeness (QED) is 0.133. The maximum Gasteiger partial charge on any atom is 0.330 e. The van der Waals surface area contributed by atoms with Crippen LogP contribution in [0, 0.1) is 6.92 Å². The summed E-state index contributed by atoms with van der Waals surface area (Å²) in [6.07, 6.45) is -0.847. The molecule has 0 spiro atoms. The van der Waals surface area contributed by atoms with Gasteiger partial charge in [0.15, 0.2) is 5.72 Å². The van der Waals surface area contributed by atoms with Crippen LogP contribution in [0.25, 0.3) is 0 Å². The molecule has 1 aliphatic heterocycles. The van der Waals surface area contributed by atoms with E-state index in [-0.39, 0.29) is 13.0 Å². The van der Waals surface area contributed by atoms with Crippen LogP contribution in [-0.4, -0.2) is 47.3 Å². The van der Waals surface area contributed by atoms with Crippen molar-refractivity contribution in [3.05, 3.63) is 128 Å². The van der Waals surface area contributed by atoms with Gasteiger partial charge in [-0.25, -0.2) is 9.88 Å². The van der Waals surface area contributed by atoms with Gasteiger partial charge in [-0.3, -0.25) is 18.9 Å². The van der Waals surface area contributed by atoms with Crippen LogP contribution in [0.4, 0.5) is 0 Å². The summed E-state index contributed by atoms with van der Waals surface area (Å²) in [5, 5.41) is 14.1. The smallest absolute Gasteiger partial charge is 0.330 e. The Labute approximate surface area is 249 Å². The Morgan fingerprint density at radius 2 is 1.53 bits per heavy atom. The normalized spacial score (nSPS) is 20.3. The molecule has 1 saturated heterocycles. The zero-order valence-corrected chi connectivity index (χ0v) is 24.7. The molecule has 0 amide bonds. The van der Waals surface area contributed by atoms with Gasteiger partial charge in [0.2, 0.25) is 8.61 Å². The number of aryl methyl sites for hydroxylation is 1. The molecule has 1 aromatic heterocycles. The van der Waals surface area contributed by atoms with Gasteiger partial charge in [-0.1, -0.05) is 54.6 Å². The Morgan fingerprint density at radius 1 is 0.977 bits per heavy atom. The number of ether oxygens (including phenoxy) is 4. The van der Waals surface area contributed by atoms with E-state index in [0.717, 1.165) is 16.7 Å². The molecule has 12 heteroatoms.